The molecule has 0 aromatic carbocycles. The predicted molar refractivity (Wildman–Crippen MR) is 65.2 cm³/mol. The van der Waals surface area contributed by atoms with E-state index < -0.39 is 10.0 Å². The third-order valence-corrected chi connectivity index (χ3v) is 4.95. The van der Waals surface area contributed by atoms with Crippen LogP contribution in [0.5, 0.6) is 0 Å². The maximum atomic E-state index is 11.9. The lowest BCUT2D eigenvalue weighted by Crippen LogP contribution is -2.50. The van der Waals surface area contributed by atoms with Gasteiger partial charge in [0.15, 0.2) is 0 Å². The number of hydrogen-bond acceptors (Lipinski definition) is 3. The van der Waals surface area contributed by atoms with E-state index in [1.807, 2.05) is 6.92 Å². The van der Waals surface area contributed by atoms with Crippen LogP contribution in [-0.2, 0) is 10.0 Å². The lowest BCUT2D eigenvalue weighted by molar-refractivity contribution is 0.306. The zero-order valence-corrected chi connectivity index (χ0v) is 10.6. The summed E-state index contributed by atoms with van der Waals surface area (Å²) in [7, 11) is -3.16. The van der Waals surface area contributed by atoms with Gasteiger partial charge >= 0.3 is 0 Å². The van der Waals surface area contributed by atoms with Gasteiger partial charge in [-0.1, -0.05) is 25.6 Å². The van der Waals surface area contributed by atoms with Gasteiger partial charge in [0.25, 0.3) is 0 Å². The summed E-state index contributed by atoms with van der Waals surface area (Å²) in [4.78, 5) is 0.300. The summed E-state index contributed by atoms with van der Waals surface area (Å²) in [6.07, 6.45) is 3.30. The highest BCUT2D eigenvalue weighted by atomic mass is 32.2. The van der Waals surface area contributed by atoms with Crippen LogP contribution in [0.15, 0.2) is 0 Å². The third kappa shape index (κ3) is 3.12. The van der Waals surface area contributed by atoms with Crippen LogP contribution in [0.2, 0.25) is 0 Å². The van der Waals surface area contributed by atoms with Crippen molar-refractivity contribution in [2.24, 2.45) is 5.73 Å². The summed E-state index contributed by atoms with van der Waals surface area (Å²) in [5.74, 6) is 0.187. The minimum atomic E-state index is -3.16. The normalized spacial score (nSPS) is 23.9. The van der Waals surface area contributed by atoms with E-state index >= 15 is 0 Å². The average molecular weight is 250 g/mol. The van der Waals surface area contributed by atoms with Crippen molar-refractivity contribution in [3.63, 3.8) is 0 Å². The number of nitrogens with two attached hydrogens (primary N) is 1. The fourth-order valence-electron chi connectivity index (χ4n) is 1.90. The number of thiocarbonyl (C=S) groups is 1. The molecule has 0 aromatic rings. The molecule has 1 fully saturated rings. The molecule has 1 saturated heterocycles. The van der Waals surface area contributed by atoms with Crippen LogP contribution in [0, 0.1) is 0 Å². The van der Waals surface area contributed by atoms with Crippen molar-refractivity contribution >= 4 is 27.2 Å². The van der Waals surface area contributed by atoms with Gasteiger partial charge in [-0.15, -0.1) is 0 Å². The van der Waals surface area contributed by atoms with Crippen LogP contribution in [0.1, 0.15) is 32.6 Å². The Kier molecular flexibility index (Phi) is 4.48. The Labute approximate surface area is 96.9 Å². The molecule has 6 heteroatoms. The van der Waals surface area contributed by atoms with Crippen molar-refractivity contribution in [2.45, 2.75) is 38.6 Å². The molecule has 1 heterocycles. The minimum absolute atomic E-state index is 0.187. The van der Waals surface area contributed by atoms with Crippen LogP contribution >= 0.6 is 12.2 Å². The Morgan fingerprint density at radius 2 is 2.20 bits per heavy atom. The highest BCUT2D eigenvalue weighted by Gasteiger charge is 2.32. The average Bonchev–Trinajstić information content (AvgIpc) is 2.17. The molecule has 0 saturated carbocycles. The van der Waals surface area contributed by atoms with Gasteiger partial charge in [0, 0.05) is 6.54 Å². The fourth-order valence-corrected chi connectivity index (χ4v) is 3.97. The van der Waals surface area contributed by atoms with Crippen LogP contribution in [0.25, 0.3) is 0 Å². The Bertz CT molecular complexity index is 327. The lowest BCUT2D eigenvalue weighted by Gasteiger charge is -2.33. The van der Waals surface area contributed by atoms with Crippen LogP contribution < -0.4 is 5.73 Å². The largest absolute Gasteiger partial charge is 0.392 e. The summed E-state index contributed by atoms with van der Waals surface area (Å²) in [6, 6.07) is -0.259. The summed E-state index contributed by atoms with van der Waals surface area (Å²) in [6.45, 7) is 2.42. The van der Waals surface area contributed by atoms with E-state index in [1.165, 1.54) is 4.31 Å². The molecule has 1 aliphatic heterocycles. The Morgan fingerprint density at radius 3 is 2.73 bits per heavy atom. The molecule has 1 unspecified atom stereocenters. The standard InChI is InChI=1S/C9H18N2O2S2/c1-2-7-15(12,13)11-6-4-3-5-8(11)9(10)14/h8H,2-7H2,1H3,(H2,10,14). The van der Waals surface area contributed by atoms with Gasteiger partial charge in [0.2, 0.25) is 10.0 Å². The van der Waals surface area contributed by atoms with Crippen LogP contribution in [0.3, 0.4) is 0 Å². The van der Waals surface area contributed by atoms with E-state index in [4.69, 9.17) is 18.0 Å². The van der Waals surface area contributed by atoms with Gasteiger partial charge in [0.05, 0.1) is 16.8 Å². The first-order valence-corrected chi connectivity index (χ1v) is 7.29. The molecule has 0 amide bonds. The van der Waals surface area contributed by atoms with Gasteiger partial charge in [-0.2, -0.15) is 4.31 Å². The predicted octanol–water partition coefficient (Wildman–Crippen LogP) is 0.867. The van der Waals surface area contributed by atoms with Gasteiger partial charge in [-0.3, -0.25) is 0 Å². The van der Waals surface area contributed by atoms with Gasteiger partial charge in [0.1, 0.15) is 0 Å². The van der Waals surface area contributed by atoms with Gasteiger partial charge in [-0.25, -0.2) is 8.42 Å². The van der Waals surface area contributed by atoms with Crippen molar-refractivity contribution in [1.82, 2.24) is 4.31 Å². The second-order valence-electron chi connectivity index (χ2n) is 3.84. The van der Waals surface area contributed by atoms with E-state index in [1.54, 1.807) is 0 Å². The van der Waals surface area contributed by atoms with Crippen molar-refractivity contribution in [3.05, 3.63) is 0 Å². The first kappa shape index (κ1) is 12.9. The quantitative estimate of drug-likeness (QED) is 0.752. The molecule has 1 aliphatic rings. The molecular weight excluding hydrogens is 232 g/mol. The number of rotatable bonds is 4. The second kappa shape index (κ2) is 5.23. The number of hydrogen-bond donors (Lipinski definition) is 1. The Balaban J connectivity index is 2.85. The molecule has 0 spiro atoms. The van der Waals surface area contributed by atoms with Gasteiger partial charge in [-0.05, 0) is 19.3 Å². The summed E-state index contributed by atoms with van der Waals surface area (Å²) in [5, 5.41) is 0. The van der Waals surface area contributed by atoms with E-state index in [-0.39, 0.29) is 11.8 Å². The molecule has 4 nitrogen and oxygen atoms in total. The van der Waals surface area contributed by atoms with Crippen molar-refractivity contribution in [2.75, 3.05) is 12.3 Å². The molecule has 0 bridgehead atoms. The number of piperidine rings is 1. The maximum absolute atomic E-state index is 11.9. The van der Waals surface area contributed by atoms with E-state index in [9.17, 15) is 8.42 Å². The smallest absolute Gasteiger partial charge is 0.214 e. The molecule has 0 aliphatic carbocycles. The zero-order chi connectivity index (χ0) is 11.5. The molecule has 1 atom stereocenters. The van der Waals surface area contributed by atoms with Crippen molar-refractivity contribution in [3.8, 4) is 0 Å². The second-order valence-corrected chi connectivity index (χ2v) is 6.35. The van der Waals surface area contributed by atoms with Crippen molar-refractivity contribution < 1.29 is 8.42 Å². The molecule has 1 rings (SSSR count). The molecule has 88 valence electrons. The van der Waals surface area contributed by atoms with E-state index in [2.05, 4.69) is 0 Å². The number of nitrogens with zero attached hydrogens (tertiary/aromatic N) is 1. The molecule has 0 radical (unpaired) electrons. The number of sulfonamides is 1. The summed E-state index contributed by atoms with van der Waals surface area (Å²) < 4.78 is 25.3. The molecule has 15 heavy (non-hydrogen) atoms. The molecular formula is C9H18N2O2S2. The highest BCUT2D eigenvalue weighted by molar-refractivity contribution is 7.89. The van der Waals surface area contributed by atoms with Gasteiger partial charge < -0.3 is 5.73 Å². The van der Waals surface area contributed by atoms with Crippen LogP contribution in [-0.4, -0.2) is 36.1 Å². The SMILES string of the molecule is CCCS(=O)(=O)N1CCCCC1C(N)=S. The Morgan fingerprint density at radius 1 is 1.53 bits per heavy atom. The minimum Gasteiger partial charge on any atom is -0.392 e. The van der Waals surface area contributed by atoms with E-state index in [0.29, 0.717) is 18.0 Å². The first-order chi connectivity index (χ1) is 6.99. The molecule has 0 aromatic heterocycles. The Hall–Kier alpha value is -0.200. The van der Waals surface area contributed by atoms with E-state index in [0.717, 1.165) is 19.3 Å². The maximum Gasteiger partial charge on any atom is 0.214 e. The summed E-state index contributed by atoms with van der Waals surface area (Å²) in [5.41, 5.74) is 5.58. The highest BCUT2D eigenvalue weighted by Crippen LogP contribution is 2.21. The topological polar surface area (TPSA) is 63.4 Å². The fraction of sp³-hybridized carbons (Fsp3) is 0.889. The van der Waals surface area contributed by atoms with Crippen molar-refractivity contribution in [1.29, 1.82) is 0 Å². The monoisotopic (exact) mass is 250 g/mol. The lowest BCUT2D eigenvalue weighted by atomic mass is 10.1. The zero-order valence-electron chi connectivity index (χ0n) is 8.98. The first-order valence-electron chi connectivity index (χ1n) is 5.28. The van der Waals surface area contributed by atoms with Crippen LogP contribution in [0.4, 0.5) is 0 Å². The summed E-state index contributed by atoms with van der Waals surface area (Å²) >= 11 is 4.92. The third-order valence-electron chi connectivity index (χ3n) is 2.60. The molecule has 2 N–H and O–H groups in total.